The minimum Gasteiger partial charge on any atom is -0.369 e. The molecule has 3 N–H and O–H groups in total. The second kappa shape index (κ2) is 6.91. The van der Waals surface area contributed by atoms with Crippen molar-refractivity contribution < 1.29 is 9.59 Å². The number of carbonyl (C=O) groups excluding carboxylic acids is 2. The van der Waals surface area contributed by atoms with E-state index < -0.39 is 5.92 Å². The summed E-state index contributed by atoms with van der Waals surface area (Å²) >= 11 is 0. The Balaban J connectivity index is 2.83. The molecule has 0 aliphatic heterocycles. The van der Waals surface area contributed by atoms with Crippen LogP contribution in [0.5, 0.6) is 0 Å². The summed E-state index contributed by atoms with van der Waals surface area (Å²) in [6.45, 7) is 7.75. The Morgan fingerprint density at radius 3 is 2.30 bits per heavy atom. The Kier molecular flexibility index (Phi) is 5.78. The lowest BCUT2D eigenvalue weighted by Gasteiger charge is -2.28. The molecule has 114 valence electrons. The maximum Gasteiger partial charge on any atom is 0.224 e. The molecule has 0 aromatic heterocycles. The predicted molar refractivity (Wildman–Crippen MR) is 80.8 cm³/mol. The van der Waals surface area contributed by atoms with Crippen LogP contribution in [0.15, 0.2) is 12.2 Å². The van der Waals surface area contributed by atoms with Crippen molar-refractivity contribution in [3.05, 3.63) is 12.2 Å². The number of primary amides is 1. The Bertz CT molecular complexity index is 378. The van der Waals surface area contributed by atoms with Crippen molar-refractivity contribution in [1.82, 2.24) is 5.32 Å². The van der Waals surface area contributed by atoms with Crippen LogP contribution in [0, 0.1) is 17.8 Å². The fraction of sp³-hybridized carbons (Fsp3) is 0.750. The maximum absolute atomic E-state index is 12.5. The van der Waals surface area contributed by atoms with E-state index in [-0.39, 0.29) is 23.3 Å². The van der Waals surface area contributed by atoms with Crippen LogP contribution in [0.2, 0.25) is 0 Å². The molecular weight excluding hydrogens is 252 g/mol. The van der Waals surface area contributed by atoms with Crippen molar-refractivity contribution in [1.29, 1.82) is 0 Å². The van der Waals surface area contributed by atoms with Crippen LogP contribution >= 0.6 is 0 Å². The van der Waals surface area contributed by atoms with Crippen LogP contribution in [0.4, 0.5) is 0 Å². The van der Waals surface area contributed by atoms with E-state index in [2.05, 4.69) is 5.32 Å². The lowest BCUT2D eigenvalue weighted by molar-refractivity contribution is -0.134. The molecule has 1 fully saturated rings. The Labute approximate surface area is 122 Å². The summed E-state index contributed by atoms with van der Waals surface area (Å²) in [5.41, 5.74) is 5.23. The van der Waals surface area contributed by atoms with Gasteiger partial charge >= 0.3 is 0 Å². The number of rotatable bonds is 7. The zero-order chi connectivity index (χ0) is 15.3. The van der Waals surface area contributed by atoms with Gasteiger partial charge in [-0.25, -0.2) is 0 Å². The number of hydrogen-bond acceptors (Lipinski definition) is 2. The van der Waals surface area contributed by atoms with Crippen LogP contribution in [0.3, 0.4) is 0 Å². The van der Waals surface area contributed by atoms with Gasteiger partial charge in [-0.2, -0.15) is 0 Å². The molecule has 0 unspecified atom stereocenters. The Hall–Kier alpha value is -1.32. The molecule has 1 saturated carbocycles. The van der Waals surface area contributed by atoms with Crippen molar-refractivity contribution in [3.63, 3.8) is 0 Å². The molecule has 0 spiro atoms. The average molecular weight is 280 g/mol. The molecule has 0 radical (unpaired) electrons. The maximum atomic E-state index is 12.5. The van der Waals surface area contributed by atoms with Gasteiger partial charge in [-0.05, 0) is 46.5 Å². The van der Waals surface area contributed by atoms with Gasteiger partial charge in [-0.1, -0.05) is 25.0 Å². The summed E-state index contributed by atoms with van der Waals surface area (Å²) in [6.07, 6.45) is 7.45. The summed E-state index contributed by atoms with van der Waals surface area (Å²) in [5, 5.41) is 2.99. The molecule has 0 bridgehead atoms. The van der Waals surface area contributed by atoms with E-state index >= 15 is 0 Å². The molecule has 4 heteroatoms. The van der Waals surface area contributed by atoms with E-state index in [1.54, 1.807) is 0 Å². The SMILES string of the molecule is C/C=C/C[C@H](C(N)=O)[C@@H](CC1CC1)C(=O)NC(C)(C)C. The number of amides is 2. The van der Waals surface area contributed by atoms with Gasteiger partial charge in [0, 0.05) is 5.54 Å². The summed E-state index contributed by atoms with van der Waals surface area (Å²) in [5.74, 6) is -0.557. The summed E-state index contributed by atoms with van der Waals surface area (Å²) in [6, 6.07) is 0. The Morgan fingerprint density at radius 2 is 1.90 bits per heavy atom. The quantitative estimate of drug-likeness (QED) is 0.703. The first-order valence-electron chi connectivity index (χ1n) is 7.47. The molecule has 0 aromatic rings. The van der Waals surface area contributed by atoms with Crippen molar-refractivity contribution in [2.24, 2.45) is 23.5 Å². The third-order valence-corrected chi connectivity index (χ3v) is 3.60. The molecular formula is C16H28N2O2. The molecule has 2 amide bonds. The largest absolute Gasteiger partial charge is 0.369 e. The lowest BCUT2D eigenvalue weighted by Crippen LogP contribution is -2.47. The molecule has 20 heavy (non-hydrogen) atoms. The summed E-state index contributed by atoms with van der Waals surface area (Å²) < 4.78 is 0. The second-order valence-corrected chi connectivity index (χ2v) is 6.84. The molecule has 0 aromatic carbocycles. The topological polar surface area (TPSA) is 72.2 Å². The van der Waals surface area contributed by atoms with Gasteiger partial charge in [-0.15, -0.1) is 0 Å². The summed E-state index contributed by atoms with van der Waals surface area (Å²) in [4.78, 5) is 24.2. The third-order valence-electron chi connectivity index (χ3n) is 3.60. The van der Waals surface area contributed by atoms with E-state index in [1.165, 1.54) is 0 Å². The van der Waals surface area contributed by atoms with Gasteiger partial charge < -0.3 is 11.1 Å². The van der Waals surface area contributed by atoms with Crippen LogP contribution in [0.25, 0.3) is 0 Å². The zero-order valence-corrected chi connectivity index (χ0v) is 13.1. The highest BCUT2D eigenvalue weighted by Gasteiger charge is 2.37. The van der Waals surface area contributed by atoms with Crippen molar-refractivity contribution >= 4 is 11.8 Å². The fourth-order valence-electron chi connectivity index (χ4n) is 2.39. The second-order valence-electron chi connectivity index (χ2n) is 6.84. The first-order valence-corrected chi connectivity index (χ1v) is 7.47. The minimum absolute atomic E-state index is 0.0438. The molecule has 1 aliphatic rings. The average Bonchev–Trinajstić information content (AvgIpc) is 3.09. The van der Waals surface area contributed by atoms with Crippen LogP contribution < -0.4 is 11.1 Å². The van der Waals surface area contributed by atoms with Crippen LogP contribution in [-0.2, 0) is 9.59 Å². The van der Waals surface area contributed by atoms with E-state index in [0.29, 0.717) is 12.3 Å². The molecule has 2 atom stereocenters. The Morgan fingerprint density at radius 1 is 1.30 bits per heavy atom. The summed E-state index contributed by atoms with van der Waals surface area (Å²) in [7, 11) is 0. The molecule has 4 nitrogen and oxygen atoms in total. The van der Waals surface area contributed by atoms with Gasteiger partial charge in [0.2, 0.25) is 11.8 Å². The molecule has 1 aliphatic carbocycles. The van der Waals surface area contributed by atoms with Gasteiger partial charge in [0.15, 0.2) is 0 Å². The van der Waals surface area contributed by atoms with Crippen LogP contribution in [0.1, 0.15) is 53.4 Å². The van der Waals surface area contributed by atoms with Gasteiger partial charge in [0.05, 0.1) is 11.8 Å². The molecule has 0 saturated heterocycles. The fourth-order valence-corrected chi connectivity index (χ4v) is 2.39. The number of allylic oxidation sites excluding steroid dienone is 2. The standard InChI is InChI=1S/C16H28N2O2/c1-5-6-7-12(14(17)19)13(10-11-8-9-11)15(20)18-16(2,3)4/h5-6,11-13H,7-10H2,1-4H3,(H2,17,19)(H,18,20)/b6-5+/t12-,13+/m0/s1. The van der Waals surface area contributed by atoms with Crippen molar-refractivity contribution in [2.45, 2.75) is 58.9 Å². The zero-order valence-electron chi connectivity index (χ0n) is 13.1. The number of nitrogens with two attached hydrogens (primary N) is 1. The van der Waals surface area contributed by atoms with Crippen LogP contribution in [-0.4, -0.2) is 17.4 Å². The van der Waals surface area contributed by atoms with E-state index in [4.69, 9.17) is 5.73 Å². The van der Waals surface area contributed by atoms with Gasteiger partial charge in [0.1, 0.15) is 0 Å². The lowest BCUT2D eigenvalue weighted by atomic mass is 9.83. The highest BCUT2D eigenvalue weighted by molar-refractivity contribution is 5.87. The first-order chi connectivity index (χ1) is 9.24. The van der Waals surface area contributed by atoms with E-state index in [9.17, 15) is 9.59 Å². The highest BCUT2D eigenvalue weighted by Crippen LogP contribution is 2.38. The number of nitrogens with one attached hydrogen (secondary N) is 1. The minimum atomic E-state index is -0.408. The highest BCUT2D eigenvalue weighted by atomic mass is 16.2. The predicted octanol–water partition coefficient (Wildman–Crippen LogP) is 2.39. The molecule has 0 heterocycles. The molecule has 1 rings (SSSR count). The van der Waals surface area contributed by atoms with Gasteiger partial charge in [-0.3, -0.25) is 9.59 Å². The monoisotopic (exact) mass is 280 g/mol. The third kappa shape index (κ3) is 5.76. The van der Waals surface area contributed by atoms with E-state index in [0.717, 1.165) is 19.3 Å². The van der Waals surface area contributed by atoms with Gasteiger partial charge in [0.25, 0.3) is 0 Å². The van der Waals surface area contributed by atoms with E-state index in [1.807, 2.05) is 39.8 Å². The normalized spacial score (nSPS) is 18.8. The number of carbonyl (C=O) groups is 2. The van der Waals surface area contributed by atoms with Crippen molar-refractivity contribution in [2.75, 3.05) is 0 Å². The number of hydrogen-bond donors (Lipinski definition) is 2. The van der Waals surface area contributed by atoms with Crippen molar-refractivity contribution in [3.8, 4) is 0 Å². The smallest absolute Gasteiger partial charge is 0.224 e. The first kappa shape index (κ1) is 16.7.